The molecule has 0 bridgehead atoms. The molecule has 1 rings (SSSR count). The van der Waals surface area contributed by atoms with Gasteiger partial charge in [0, 0.05) is 4.88 Å². The van der Waals surface area contributed by atoms with Crippen molar-refractivity contribution in [2.75, 3.05) is 0 Å². The maximum atomic E-state index is 5.04. The van der Waals surface area contributed by atoms with E-state index in [0.29, 0.717) is 0 Å². The number of hydrogen-bond acceptors (Lipinski definition) is 3. The van der Waals surface area contributed by atoms with Crippen LogP contribution in [0.25, 0.3) is 0 Å². The Morgan fingerprint density at radius 1 is 1.70 bits per heavy atom. The number of aryl methyl sites for hydroxylation is 1. The number of nitrogens with two attached hydrogens (primary N) is 1. The molecule has 0 amide bonds. The van der Waals surface area contributed by atoms with Gasteiger partial charge in [-0.05, 0) is 30.9 Å². The lowest BCUT2D eigenvalue weighted by Crippen LogP contribution is -2.04. The zero-order valence-corrected chi connectivity index (χ0v) is 6.94. The van der Waals surface area contributed by atoms with Crippen molar-refractivity contribution >= 4 is 11.3 Å². The maximum absolute atomic E-state index is 5.04. The van der Waals surface area contributed by atoms with E-state index < -0.39 is 0 Å². The minimum Gasteiger partial charge on any atom is -0.296 e. The quantitative estimate of drug-likeness (QED) is 0.666. The van der Waals surface area contributed by atoms with Crippen molar-refractivity contribution in [3.8, 4) is 0 Å². The van der Waals surface area contributed by atoms with E-state index in [1.807, 2.05) is 12.3 Å². The summed E-state index contributed by atoms with van der Waals surface area (Å²) in [7, 11) is 0. The molecule has 1 aromatic heterocycles. The van der Waals surface area contributed by atoms with Crippen molar-refractivity contribution in [3.05, 3.63) is 21.9 Å². The van der Waals surface area contributed by atoms with Crippen molar-refractivity contribution in [2.45, 2.75) is 20.0 Å². The van der Waals surface area contributed by atoms with Crippen LogP contribution in [0.1, 0.15) is 23.5 Å². The molecule has 1 heterocycles. The molecule has 10 heavy (non-hydrogen) atoms. The van der Waals surface area contributed by atoms with Gasteiger partial charge >= 0.3 is 0 Å². The molecule has 0 aliphatic heterocycles. The fourth-order valence-electron chi connectivity index (χ4n) is 0.863. The molecule has 0 fully saturated rings. The minimum absolute atomic E-state index is 0.0278. The Morgan fingerprint density at radius 2 is 2.40 bits per heavy atom. The molecule has 0 saturated carbocycles. The largest absolute Gasteiger partial charge is 0.296 e. The Morgan fingerprint density at radius 3 is 2.80 bits per heavy atom. The van der Waals surface area contributed by atoms with Crippen LogP contribution in [0.3, 0.4) is 0 Å². The van der Waals surface area contributed by atoms with Crippen LogP contribution in [-0.2, 0) is 4.84 Å². The Balaban J connectivity index is 2.82. The zero-order chi connectivity index (χ0) is 7.56. The van der Waals surface area contributed by atoms with Gasteiger partial charge in [0.25, 0.3) is 0 Å². The molecule has 1 atom stereocenters. The SMILES string of the molecule is Cc1ccsc1C(C)ON. The van der Waals surface area contributed by atoms with E-state index in [4.69, 9.17) is 5.90 Å². The molecule has 0 aliphatic rings. The van der Waals surface area contributed by atoms with Crippen LogP contribution in [0.2, 0.25) is 0 Å². The van der Waals surface area contributed by atoms with E-state index >= 15 is 0 Å². The molecule has 56 valence electrons. The molecule has 0 radical (unpaired) electrons. The first kappa shape index (κ1) is 7.72. The van der Waals surface area contributed by atoms with E-state index in [9.17, 15) is 0 Å². The summed E-state index contributed by atoms with van der Waals surface area (Å²) in [4.78, 5) is 5.90. The van der Waals surface area contributed by atoms with Gasteiger partial charge in [-0.2, -0.15) is 0 Å². The van der Waals surface area contributed by atoms with Crippen LogP contribution in [0.5, 0.6) is 0 Å². The summed E-state index contributed by atoms with van der Waals surface area (Å²) in [6.07, 6.45) is 0.0278. The van der Waals surface area contributed by atoms with Crippen LogP contribution < -0.4 is 5.90 Å². The molecule has 0 spiro atoms. The molecule has 0 saturated heterocycles. The van der Waals surface area contributed by atoms with E-state index in [0.717, 1.165) is 0 Å². The van der Waals surface area contributed by atoms with E-state index in [2.05, 4.69) is 17.8 Å². The molecule has 0 aliphatic carbocycles. The Labute approximate surface area is 64.6 Å². The predicted octanol–water partition coefficient (Wildman–Crippen LogP) is 2.01. The third-order valence-electron chi connectivity index (χ3n) is 1.48. The number of thiophene rings is 1. The molecule has 1 unspecified atom stereocenters. The number of hydrogen-bond donors (Lipinski definition) is 1. The standard InChI is InChI=1S/C7H11NOS/c1-5-3-4-10-7(5)6(2)9-8/h3-4,6H,8H2,1-2H3. The van der Waals surface area contributed by atoms with Crippen LogP contribution in [0.15, 0.2) is 11.4 Å². The average molecular weight is 157 g/mol. The summed E-state index contributed by atoms with van der Waals surface area (Å²) < 4.78 is 0. The second kappa shape index (κ2) is 3.14. The van der Waals surface area contributed by atoms with Gasteiger partial charge in [0.05, 0.1) is 0 Å². The van der Waals surface area contributed by atoms with E-state index in [1.54, 1.807) is 11.3 Å². The Bertz CT molecular complexity index is 209. The van der Waals surface area contributed by atoms with Crippen molar-refractivity contribution in [1.29, 1.82) is 0 Å². The van der Waals surface area contributed by atoms with Gasteiger partial charge in [0.15, 0.2) is 0 Å². The fourth-order valence-corrected chi connectivity index (χ4v) is 1.78. The fraction of sp³-hybridized carbons (Fsp3) is 0.429. The molecule has 1 aromatic rings. The first-order valence-electron chi connectivity index (χ1n) is 3.15. The average Bonchev–Trinajstić information content (AvgIpc) is 2.34. The molecule has 0 aromatic carbocycles. The highest BCUT2D eigenvalue weighted by molar-refractivity contribution is 7.10. The molecule has 2 N–H and O–H groups in total. The zero-order valence-electron chi connectivity index (χ0n) is 6.13. The second-order valence-electron chi connectivity index (χ2n) is 2.25. The van der Waals surface area contributed by atoms with Gasteiger partial charge in [-0.1, -0.05) is 0 Å². The second-order valence-corrected chi connectivity index (χ2v) is 3.19. The van der Waals surface area contributed by atoms with Gasteiger partial charge in [-0.15, -0.1) is 11.3 Å². The van der Waals surface area contributed by atoms with E-state index in [-0.39, 0.29) is 6.10 Å². The van der Waals surface area contributed by atoms with Gasteiger partial charge in [-0.3, -0.25) is 4.84 Å². The van der Waals surface area contributed by atoms with Gasteiger partial charge in [0.1, 0.15) is 6.10 Å². The van der Waals surface area contributed by atoms with Crippen LogP contribution >= 0.6 is 11.3 Å². The first-order valence-corrected chi connectivity index (χ1v) is 4.03. The van der Waals surface area contributed by atoms with Gasteiger partial charge in [0.2, 0.25) is 0 Å². The molecule has 2 nitrogen and oxygen atoms in total. The third-order valence-corrected chi connectivity index (χ3v) is 2.66. The molecular formula is C7H11NOS. The normalized spacial score (nSPS) is 13.5. The lowest BCUT2D eigenvalue weighted by atomic mass is 10.2. The lowest BCUT2D eigenvalue weighted by molar-refractivity contribution is 0.0685. The highest BCUT2D eigenvalue weighted by atomic mass is 32.1. The van der Waals surface area contributed by atoms with Crippen LogP contribution in [0.4, 0.5) is 0 Å². The Hall–Kier alpha value is -0.380. The summed E-state index contributed by atoms with van der Waals surface area (Å²) in [6.45, 7) is 4.00. The predicted molar refractivity (Wildman–Crippen MR) is 42.7 cm³/mol. The van der Waals surface area contributed by atoms with E-state index in [1.165, 1.54) is 10.4 Å². The Kier molecular flexibility index (Phi) is 2.43. The summed E-state index contributed by atoms with van der Waals surface area (Å²) >= 11 is 1.68. The first-order chi connectivity index (χ1) is 4.75. The highest BCUT2D eigenvalue weighted by Gasteiger charge is 2.07. The molecular weight excluding hydrogens is 146 g/mol. The number of rotatable bonds is 2. The third kappa shape index (κ3) is 1.37. The van der Waals surface area contributed by atoms with Crippen molar-refractivity contribution in [3.63, 3.8) is 0 Å². The van der Waals surface area contributed by atoms with Crippen molar-refractivity contribution in [2.24, 2.45) is 5.90 Å². The van der Waals surface area contributed by atoms with Crippen LogP contribution in [0, 0.1) is 6.92 Å². The van der Waals surface area contributed by atoms with Gasteiger partial charge < -0.3 is 0 Å². The topological polar surface area (TPSA) is 35.2 Å². The summed E-state index contributed by atoms with van der Waals surface area (Å²) in [5, 5.41) is 2.04. The minimum atomic E-state index is 0.0278. The maximum Gasteiger partial charge on any atom is 0.110 e. The summed E-state index contributed by atoms with van der Waals surface area (Å²) in [5.74, 6) is 5.04. The van der Waals surface area contributed by atoms with Gasteiger partial charge in [-0.25, -0.2) is 5.90 Å². The summed E-state index contributed by atoms with van der Waals surface area (Å²) in [5.41, 5.74) is 1.25. The summed E-state index contributed by atoms with van der Waals surface area (Å²) in [6, 6.07) is 2.06. The lowest BCUT2D eigenvalue weighted by Gasteiger charge is -2.06. The monoisotopic (exact) mass is 157 g/mol. The highest BCUT2D eigenvalue weighted by Crippen LogP contribution is 2.24. The smallest absolute Gasteiger partial charge is 0.110 e. The van der Waals surface area contributed by atoms with Crippen molar-refractivity contribution < 1.29 is 4.84 Å². The van der Waals surface area contributed by atoms with Crippen LogP contribution in [-0.4, -0.2) is 0 Å². The van der Waals surface area contributed by atoms with Crippen molar-refractivity contribution in [1.82, 2.24) is 0 Å². The molecule has 3 heteroatoms.